The first-order chi connectivity index (χ1) is 8.38. The number of hydrogen-bond donors (Lipinski definition) is 3. The molecule has 0 fully saturated rings. The molecule has 0 saturated heterocycles. The van der Waals surface area contributed by atoms with E-state index in [-0.39, 0.29) is 0 Å². The van der Waals surface area contributed by atoms with Crippen molar-refractivity contribution < 1.29 is 0 Å². The maximum atomic E-state index is 4.15. The average molecular weight is 249 g/mol. The Bertz CT molecular complexity index is 406. The highest BCUT2D eigenvalue weighted by atomic mass is 32.1. The molecule has 3 N–H and O–H groups in total. The van der Waals surface area contributed by atoms with E-state index in [0.717, 1.165) is 18.2 Å². The predicted molar refractivity (Wildman–Crippen MR) is 69.9 cm³/mol. The third-order valence-corrected chi connectivity index (χ3v) is 3.00. The lowest BCUT2D eigenvalue weighted by molar-refractivity contribution is 0.791. The lowest BCUT2D eigenvalue weighted by atomic mass is 10.3. The summed E-state index contributed by atoms with van der Waals surface area (Å²) in [5, 5.41) is 17.4. The van der Waals surface area contributed by atoms with E-state index in [1.807, 2.05) is 6.07 Å². The van der Waals surface area contributed by atoms with Gasteiger partial charge in [0.25, 0.3) is 0 Å². The van der Waals surface area contributed by atoms with E-state index in [4.69, 9.17) is 0 Å². The first kappa shape index (κ1) is 11.7. The van der Waals surface area contributed by atoms with Crippen molar-refractivity contribution in [3.05, 3.63) is 40.3 Å². The van der Waals surface area contributed by atoms with Crippen LogP contribution in [0.15, 0.2) is 34.1 Å². The monoisotopic (exact) mass is 249 g/mol. The van der Waals surface area contributed by atoms with E-state index in [9.17, 15) is 0 Å². The van der Waals surface area contributed by atoms with E-state index in [0.29, 0.717) is 6.54 Å². The number of thiophene rings is 1. The molecule has 17 heavy (non-hydrogen) atoms. The van der Waals surface area contributed by atoms with E-state index in [2.05, 4.69) is 42.6 Å². The van der Waals surface area contributed by atoms with E-state index in [1.54, 1.807) is 24.6 Å². The quantitative estimate of drug-likeness (QED) is 0.566. The van der Waals surface area contributed by atoms with Crippen LogP contribution in [0.1, 0.15) is 11.3 Å². The molecule has 0 aromatic carbocycles. The molecule has 2 aromatic heterocycles. The fraction of sp³-hybridized carbons (Fsp3) is 0.273. The summed E-state index contributed by atoms with van der Waals surface area (Å²) >= 11 is 1.70. The van der Waals surface area contributed by atoms with Gasteiger partial charge in [-0.2, -0.15) is 16.4 Å². The van der Waals surface area contributed by atoms with Crippen molar-refractivity contribution in [1.29, 1.82) is 0 Å². The van der Waals surface area contributed by atoms with Crippen molar-refractivity contribution in [2.75, 3.05) is 7.05 Å². The zero-order chi connectivity index (χ0) is 11.9. The minimum Gasteiger partial charge on any atom is -0.352 e. The Balaban J connectivity index is 1.77. The van der Waals surface area contributed by atoms with Crippen LogP contribution in [-0.2, 0) is 13.1 Å². The Morgan fingerprint density at radius 1 is 1.41 bits per heavy atom. The van der Waals surface area contributed by atoms with Crippen LogP contribution in [0.3, 0.4) is 0 Å². The Hall–Kier alpha value is -1.82. The molecule has 0 amide bonds. The van der Waals surface area contributed by atoms with Gasteiger partial charge in [0.05, 0.1) is 12.2 Å². The van der Waals surface area contributed by atoms with Crippen molar-refractivity contribution in [2.24, 2.45) is 4.99 Å². The Morgan fingerprint density at radius 2 is 2.29 bits per heavy atom. The van der Waals surface area contributed by atoms with Gasteiger partial charge in [-0.25, -0.2) is 0 Å². The van der Waals surface area contributed by atoms with Gasteiger partial charge in [-0.15, -0.1) is 0 Å². The molecule has 6 heteroatoms. The number of aromatic amines is 1. The minimum absolute atomic E-state index is 0.684. The van der Waals surface area contributed by atoms with Gasteiger partial charge in [0.15, 0.2) is 5.96 Å². The molecule has 5 nitrogen and oxygen atoms in total. The summed E-state index contributed by atoms with van der Waals surface area (Å²) in [4.78, 5) is 4.15. The van der Waals surface area contributed by atoms with Crippen molar-refractivity contribution in [3.8, 4) is 0 Å². The van der Waals surface area contributed by atoms with Gasteiger partial charge in [0, 0.05) is 19.8 Å². The second-order valence-corrected chi connectivity index (χ2v) is 4.27. The molecular weight excluding hydrogens is 234 g/mol. The fourth-order valence-corrected chi connectivity index (χ4v) is 2.03. The van der Waals surface area contributed by atoms with Crippen LogP contribution in [0.2, 0.25) is 0 Å². The molecule has 0 spiro atoms. The topological polar surface area (TPSA) is 65.1 Å². The van der Waals surface area contributed by atoms with Gasteiger partial charge in [0.1, 0.15) is 0 Å². The van der Waals surface area contributed by atoms with E-state index in [1.165, 1.54) is 5.56 Å². The van der Waals surface area contributed by atoms with Crippen molar-refractivity contribution >= 4 is 17.3 Å². The highest BCUT2D eigenvalue weighted by molar-refractivity contribution is 7.07. The molecule has 2 aromatic rings. The second kappa shape index (κ2) is 6.05. The molecule has 0 aliphatic carbocycles. The smallest absolute Gasteiger partial charge is 0.191 e. The summed E-state index contributed by atoms with van der Waals surface area (Å²) in [6.07, 6.45) is 1.73. The molecule has 0 aliphatic heterocycles. The van der Waals surface area contributed by atoms with Crippen molar-refractivity contribution in [1.82, 2.24) is 20.8 Å². The molecule has 0 atom stereocenters. The minimum atomic E-state index is 0.684. The number of H-pyrrole nitrogens is 1. The number of nitrogens with zero attached hydrogens (tertiary/aromatic N) is 2. The van der Waals surface area contributed by atoms with Crippen LogP contribution in [0.5, 0.6) is 0 Å². The van der Waals surface area contributed by atoms with Crippen LogP contribution in [0.4, 0.5) is 0 Å². The van der Waals surface area contributed by atoms with E-state index < -0.39 is 0 Å². The number of aliphatic imine (C=N–C) groups is 1. The van der Waals surface area contributed by atoms with Gasteiger partial charge in [0.2, 0.25) is 0 Å². The maximum absolute atomic E-state index is 4.15. The Morgan fingerprint density at radius 3 is 2.94 bits per heavy atom. The molecule has 0 radical (unpaired) electrons. The molecule has 0 saturated carbocycles. The molecule has 2 heterocycles. The number of guanidine groups is 1. The second-order valence-electron chi connectivity index (χ2n) is 3.49. The first-order valence-electron chi connectivity index (χ1n) is 5.32. The molecular formula is C11H15N5S. The third-order valence-electron chi connectivity index (χ3n) is 2.27. The van der Waals surface area contributed by atoms with Gasteiger partial charge in [-0.3, -0.25) is 10.1 Å². The summed E-state index contributed by atoms with van der Waals surface area (Å²) in [5.74, 6) is 0.783. The summed E-state index contributed by atoms with van der Waals surface area (Å²) < 4.78 is 0. The molecule has 90 valence electrons. The predicted octanol–water partition coefficient (Wildman–Crippen LogP) is 1.34. The normalized spacial score (nSPS) is 11.5. The lowest BCUT2D eigenvalue weighted by Crippen LogP contribution is -2.36. The number of nitrogens with one attached hydrogen (secondary N) is 3. The van der Waals surface area contributed by atoms with Gasteiger partial charge in [-0.05, 0) is 28.5 Å². The zero-order valence-electron chi connectivity index (χ0n) is 9.60. The summed E-state index contributed by atoms with van der Waals surface area (Å²) in [6.45, 7) is 1.47. The molecule has 2 rings (SSSR count). The number of aromatic nitrogens is 2. The molecule has 0 aliphatic rings. The number of rotatable bonds is 4. The average Bonchev–Trinajstić information content (AvgIpc) is 3.02. The maximum Gasteiger partial charge on any atom is 0.191 e. The molecule has 0 bridgehead atoms. The van der Waals surface area contributed by atoms with Crippen LogP contribution >= 0.6 is 11.3 Å². The fourth-order valence-electron chi connectivity index (χ4n) is 1.36. The Labute approximate surface area is 104 Å². The Kier molecular flexibility index (Phi) is 4.15. The first-order valence-corrected chi connectivity index (χ1v) is 6.26. The van der Waals surface area contributed by atoms with Crippen LogP contribution in [0.25, 0.3) is 0 Å². The lowest BCUT2D eigenvalue weighted by Gasteiger charge is -2.10. The standard InChI is InChI=1S/C11H15N5S/c1-12-11(13-6-9-3-5-17-8-9)14-7-10-2-4-15-16-10/h2-5,8H,6-7H2,1H3,(H,15,16)(H2,12,13,14). The number of hydrogen-bond acceptors (Lipinski definition) is 3. The van der Waals surface area contributed by atoms with Gasteiger partial charge >= 0.3 is 0 Å². The molecule has 0 unspecified atom stereocenters. The van der Waals surface area contributed by atoms with Crippen LogP contribution < -0.4 is 10.6 Å². The zero-order valence-corrected chi connectivity index (χ0v) is 10.4. The van der Waals surface area contributed by atoms with Crippen LogP contribution in [-0.4, -0.2) is 23.2 Å². The third kappa shape index (κ3) is 3.60. The van der Waals surface area contributed by atoms with Gasteiger partial charge in [-0.1, -0.05) is 0 Å². The van der Waals surface area contributed by atoms with Crippen molar-refractivity contribution in [3.63, 3.8) is 0 Å². The van der Waals surface area contributed by atoms with Gasteiger partial charge < -0.3 is 10.6 Å². The highest BCUT2D eigenvalue weighted by Crippen LogP contribution is 2.04. The summed E-state index contributed by atoms with van der Waals surface area (Å²) in [7, 11) is 1.76. The van der Waals surface area contributed by atoms with Crippen LogP contribution in [0, 0.1) is 0 Å². The van der Waals surface area contributed by atoms with E-state index >= 15 is 0 Å². The highest BCUT2D eigenvalue weighted by Gasteiger charge is 1.99. The van der Waals surface area contributed by atoms with Crippen molar-refractivity contribution in [2.45, 2.75) is 13.1 Å². The summed E-state index contributed by atoms with van der Waals surface area (Å²) in [6, 6.07) is 4.03. The SMILES string of the molecule is CN=C(NCc1ccsc1)NCc1ccn[nH]1. The largest absolute Gasteiger partial charge is 0.352 e. The summed E-state index contributed by atoms with van der Waals surface area (Å²) in [5.41, 5.74) is 2.29.